The van der Waals surface area contributed by atoms with Gasteiger partial charge in [0.25, 0.3) is 0 Å². The Bertz CT molecular complexity index is 1760. The molecule has 1 aromatic carbocycles. The summed E-state index contributed by atoms with van der Waals surface area (Å²) in [6.45, 7) is 19.5. The minimum absolute atomic E-state index is 0.0367. The minimum Gasteiger partial charge on any atom is -0.463 e. The highest BCUT2D eigenvalue weighted by molar-refractivity contribution is 6.74. The summed E-state index contributed by atoms with van der Waals surface area (Å²) in [6.07, 6.45) is 13.2. The zero-order chi connectivity index (χ0) is 33.2. The first-order chi connectivity index (χ1) is 21.4. The lowest BCUT2D eigenvalue weighted by Crippen LogP contribution is -2.76. The molecule has 0 amide bonds. The van der Waals surface area contributed by atoms with Gasteiger partial charge in [-0.05, 0) is 80.1 Å². The molecule has 1 aromatic heterocycles. The number of rotatable bonds is 5. The third-order valence-corrected chi connectivity index (χ3v) is 18.3. The van der Waals surface area contributed by atoms with E-state index < -0.39 is 24.8 Å². The predicted molar refractivity (Wildman–Crippen MR) is 182 cm³/mol. The molecule has 8 rings (SSSR count). The zero-order valence-electron chi connectivity index (χ0n) is 29.0. The van der Waals surface area contributed by atoms with E-state index in [0.29, 0.717) is 12.1 Å². The summed E-state index contributed by atoms with van der Waals surface area (Å²) in [5.74, 6) is 0.117. The van der Waals surface area contributed by atoms with E-state index in [4.69, 9.17) is 9.16 Å². The van der Waals surface area contributed by atoms with Gasteiger partial charge in [0, 0.05) is 24.7 Å². The maximum atomic E-state index is 14.9. The summed E-state index contributed by atoms with van der Waals surface area (Å²) >= 11 is 0. The van der Waals surface area contributed by atoms with Crippen LogP contribution in [0.25, 0.3) is 5.69 Å². The molecule has 6 aliphatic rings. The highest BCUT2D eigenvalue weighted by Gasteiger charge is 2.74. The number of hydrogen-bond acceptors (Lipinski definition) is 5. The standard InChI is InChI=1S/C37H51N3O5Si/c1-24(44-25(2)41)28-15-16-29-34(28,6)19-18-30-35(7)20-17-27(45-46(8,9)33(3,4)5)23-36(35)21-22-37(29,30)40-32(43)38(31(42)39(36)40)26-13-11-10-12-14-26/h10-14,17,20-22,24,27-30H,15-16,18-19,23H2,1-9H3/t24-,27-,28+,29+,30+,34+,35+,36+,37-/m0/s1. The van der Waals surface area contributed by atoms with Crippen molar-refractivity contribution in [2.45, 2.75) is 122 Å². The molecule has 9 heteroatoms. The van der Waals surface area contributed by atoms with Crippen LogP contribution in [0.2, 0.25) is 18.1 Å². The topological polar surface area (TPSA) is 84.5 Å². The van der Waals surface area contributed by atoms with Crippen LogP contribution in [0, 0.1) is 28.6 Å². The first kappa shape index (κ1) is 31.7. The second-order valence-corrected chi connectivity index (χ2v) is 21.7. The van der Waals surface area contributed by atoms with E-state index in [2.05, 4.69) is 72.0 Å². The largest absolute Gasteiger partial charge is 0.463 e. The molecule has 0 N–H and O–H groups in total. The van der Waals surface area contributed by atoms with E-state index >= 15 is 0 Å². The molecule has 8 nitrogen and oxygen atoms in total. The Morgan fingerprint density at radius 3 is 2.28 bits per heavy atom. The normalized spacial score (nSPS) is 38.1. The quantitative estimate of drug-likeness (QED) is 0.210. The molecule has 0 saturated heterocycles. The second kappa shape index (κ2) is 9.81. The molecule has 0 unspecified atom stereocenters. The molecule has 248 valence electrons. The summed E-state index contributed by atoms with van der Waals surface area (Å²) in [4.78, 5) is 41.8. The van der Waals surface area contributed by atoms with Crippen LogP contribution in [0.15, 0.2) is 64.2 Å². The maximum absolute atomic E-state index is 14.9. The summed E-state index contributed by atoms with van der Waals surface area (Å²) in [7, 11) is -2.14. The van der Waals surface area contributed by atoms with Crippen molar-refractivity contribution >= 4 is 14.3 Å². The van der Waals surface area contributed by atoms with Gasteiger partial charge in [0.05, 0.1) is 22.9 Å². The van der Waals surface area contributed by atoms with E-state index in [0.717, 1.165) is 25.7 Å². The molecule has 2 saturated carbocycles. The molecule has 46 heavy (non-hydrogen) atoms. The van der Waals surface area contributed by atoms with Crippen molar-refractivity contribution in [1.29, 1.82) is 0 Å². The summed E-state index contributed by atoms with van der Waals surface area (Å²) in [6, 6.07) is 9.35. The first-order valence-electron chi connectivity index (χ1n) is 17.2. The van der Waals surface area contributed by atoms with Gasteiger partial charge < -0.3 is 9.16 Å². The Labute approximate surface area is 273 Å². The van der Waals surface area contributed by atoms with Crippen LogP contribution in [0.5, 0.6) is 0 Å². The first-order valence-corrected chi connectivity index (χ1v) is 20.1. The summed E-state index contributed by atoms with van der Waals surface area (Å²) < 4.78 is 18.0. The smallest absolute Gasteiger partial charge is 0.352 e. The Morgan fingerprint density at radius 2 is 1.63 bits per heavy atom. The van der Waals surface area contributed by atoms with Gasteiger partial charge in [0.2, 0.25) is 0 Å². The van der Waals surface area contributed by atoms with Crippen LogP contribution in [-0.2, 0) is 25.0 Å². The zero-order valence-corrected chi connectivity index (χ0v) is 30.0. The third kappa shape index (κ3) is 3.84. The van der Waals surface area contributed by atoms with Crippen LogP contribution in [0.3, 0.4) is 0 Å². The van der Waals surface area contributed by atoms with Gasteiger partial charge in [0.1, 0.15) is 6.10 Å². The number of allylic oxidation sites excluding steroid dienone is 3. The number of fused-ring (bicyclic) bond motifs is 1. The van der Waals surface area contributed by atoms with Crippen molar-refractivity contribution in [3.63, 3.8) is 0 Å². The molecule has 3 heterocycles. The van der Waals surface area contributed by atoms with Crippen molar-refractivity contribution in [2.24, 2.45) is 28.6 Å². The van der Waals surface area contributed by atoms with Gasteiger partial charge in [-0.25, -0.2) is 23.5 Å². The van der Waals surface area contributed by atoms with E-state index in [1.165, 1.54) is 11.5 Å². The van der Waals surface area contributed by atoms with Gasteiger partial charge in [-0.1, -0.05) is 77.1 Å². The molecule has 2 aromatic rings. The number of benzene rings is 1. The van der Waals surface area contributed by atoms with Crippen molar-refractivity contribution in [3.05, 3.63) is 75.6 Å². The maximum Gasteiger partial charge on any atom is 0.352 e. The average molecular weight is 646 g/mol. The number of ether oxygens (including phenoxy) is 1. The molecule has 2 aliphatic heterocycles. The fraction of sp³-hybridized carbons (Fsp3) is 0.649. The molecule has 2 bridgehead atoms. The molecule has 4 aliphatic carbocycles. The number of carbonyl (C=O) groups is 1. The monoisotopic (exact) mass is 645 g/mol. The molecule has 2 spiro atoms. The fourth-order valence-electron chi connectivity index (χ4n) is 10.7. The third-order valence-electron chi connectivity index (χ3n) is 13.8. The summed E-state index contributed by atoms with van der Waals surface area (Å²) in [5, 5.41) is 0.0367. The van der Waals surface area contributed by atoms with Crippen molar-refractivity contribution in [1.82, 2.24) is 13.9 Å². The second-order valence-electron chi connectivity index (χ2n) is 16.9. The fourth-order valence-corrected chi connectivity index (χ4v) is 12.0. The summed E-state index contributed by atoms with van der Waals surface area (Å²) in [5.41, 5.74) is -2.01. The van der Waals surface area contributed by atoms with Crippen LogP contribution in [-0.4, -0.2) is 40.4 Å². The Hall–Kier alpha value is -2.91. The Kier molecular flexibility index (Phi) is 6.76. The number of esters is 1. The van der Waals surface area contributed by atoms with E-state index in [-0.39, 0.29) is 57.8 Å². The lowest BCUT2D eigenvalue weighted by Gasteiger charge is -2.70. The minimum atomic E-state index is -2.14. The average Bonchev–Trinajstić information content (AvgIpc) is 3.47. The van der Waals surface area contributed by atoms with Crippen molar-refractivity contribution in [3.8, 4) is 5.69 Å². The van der Waals surface area contributed by atoms with Crippen LogP contribution in [0.1, 0.15) is 80.6 Å². The van der Waals surface area contributed by atoms with Gasteiger partial charge in [-0.15, -0.1) is 0 Å². The van der Waals surface area contributed by atoms with Crippen LogP contribution < -0.4 is 11.4 Å². The van der Waals surface area contributed by atoms with Crippen LogP contribution >= 0.6 is 0 Å². The number of para-hydroxylation sites is 1. The SMILES string of the molecule is CC(=O)O[C@@H](C)[C@H]1CC[C@@H]2[C@]1(C)CC[C@H]1[C@]23C=C[C@]2(C[C@@H](O[Si](C)(C)C(C)(C)C)C=C[C@]12C)n1c(=O)n(-c2ccccc2)c(=O)n13. The highest BCUT2D eigenvalue weighted by Crippen LogP contribution is 2.73. The lowest BCUT2D eigenvalue weighted by atomic mass is 9.41. The van der Waals surface area contributed by atoms with E-state index in [1.54, 1.807) is 0 Å². The Balaban J connectivity index is 1.46. The molecule has 2 fully saturated rings. The molecule has 9 atom stereocenters. The Morgan fingerprint density at radius 1 is 0.957 bits per heavy atom. The molecular weight excluding hydrogens is 595 g/mol. The van der Waals surface area contributed by atoms with E-state index in [9.17, 15) is 14.4 Å². The molecule has 0 radical (unpaired) electrons. The van der Waals surface area contributed by atoms with Gasteiger partial charge in [-0.3, -0.25) is 4.79 Å². The molecular formula is C37H51N3O5Si. The number of nitrogens with zero attached hydrogens (tertiary/aromatic N) is 3. The van der Waals surface area contributed by atoms with Crippen LogP contribution in [0.4, 0.5) is 0 Å². The van der Waals surface area contributed by atoms with E-state index in [1.807, 2.05) is 46.6 Å². The lowest BCUT2D eigenvalue weighted by molar-refractivity contribution is -0.173. The number of hydrogen-bond donors (Lipinski definition) is 0. The predicted octanol–water partition coefficient (Wildman–Crippen LogP) is 6.53. The van der Waals surface area contributed by atoms with Crippen molar-refractivity contribution in [2.75, 3.05) is 0 Å². The van der Waals surface area contributed by atoms with Gasteiger partial charge in [-0.2, -0.15) is 0 Å². The van der Waals surface area contributed by atoms with Crippen molar-refractivity contribution < 1.29 is 14.0 Å². The highest BCUT2D eigenvalue weighted by atomic mass is 28.4. The number of carbonyl (C=O) groups excluding carboxylic acids is 1. The van der Waals surface area contributed by atoms with Gasteiger partial charge >= 0.3 is 17.3 Å². The van der Waals surface area contributed by atoms with Gasteiger partial charge in [0.15, 0.2) is 8.32 Å². The number of aromatic nitrogens is 3.